The second kappa shape index (κ2) is 9.14. The van der Waals surface area contributed by atoms with Crippen LogP contribution in [-0.4, -0.2) is 79.4 Å². The molecule has 0 bridgehead atoms. The van der Waals surface area contributed by atoms with Crippen molar-refractivity contribution in [3.63, 3.8) is 0 Å². The molecule has 150 valence electrons. The number of carboxylic acids is 1. The lowest BCUT2D eigenvalue weighted by molar-refractivity contribution is -0.138. The summed E-state index contributed by atoms with van der Waals surface area (Å²) in [7, 11) is 1.70. The first-order valence-electron chi connectivity index (χ1n) is 8.99. The molecule has 0 aliphatic carbocycles. The SMILES string of the molecule is CN(CC(=O)O)CC1CN(C(=O)NCC(C)(C)c2ccccc2F)CCO1. The van der Waals surface area contributed by atoms with Gasteiger partial charge >= 0.3 is 12.0 Å². The summed E-state index contributed by atoms with van der Waals surface area (Å²) < 4.78 is 19.7. The lowest BCUT2D eigenvalue weighted by Crippen LogP contribution is -2.53. The summed E-state index contributed by atoms with van der Waals surface area (Å²) in [4.78, 5) is 26.6. The number of hydrogen-bond donors (Lipinski definition) is 2. The summed E-state index contributed by atoms with van der Waals surface area (Å²) in [5, 5.41) is 11.7. The van der Waals surface area contributed by atoms with Crippen LogP contribution in [0.5, 0.6) is 0 Å². The number of rotatable bonds is 7. The van der Waals surface area contributed by atoms with Crippen molar-refractivity contribution in [3.05, 3.63) is 35.6 Å². The third-order valence-electron chi connectivity index (χ3n) is 4.63. The quantitative estimate of drug-likeness (QED) is 0.749. The molecular weight excluding hydrogens is 353 g/mol. The average Bonchev–Trinajstić information content (AvgIpc) is 2.59. The number of urea groups is 1. The van der Waals surface area contributed by atoms with Gasteiger partial charge in [0.05, 0.1) is 19.3 Å². The first kappa shape index (κ1) is 21.1. The van der Waals surface area contributed by atoms with Gasteiger partial charge in [0.15, 0.2) is 0 Å². The van der Waals surface area contributed by atoms with Gasteiger partial charge in [-0.05, 0) is 18.7 Å². The van der Waals surface area contributed by atoms with Crippen LogP contribution in [0, 0.1) is 5.82 Å². The lowest BCUT2D eigenvalue weighted by atomic mass is 9.84. The molecule has 2 rings (SSSR count). The van der Waals surface area contributed by atoms with Crippen LogP contribution in [0.1, 0.15) is 19.4 Å². The van der Waals surface area contributed by atoms with Gasteiger partial charge in [0.1, 0.15) is 5.82 Å². The minimum Gasteiger partial charge on any atom is -0.480 e. The summed E-state index contributed by atoms with van der Waals surface area (Å²) >= 11 is 0. The molecule has 0 radical (unpaired) electrons. The normalized spacial score (nSPS) is 17.8. The number of amides is 2. The predicted octanol–water partition coefficient (Wildman–Crippen LogP) is 1.53. The molecule has 1 saturated heterocycles. The average molecular weight is 381 g/mol. The van der Waals surface area contributed by atoms with E-state index in [1.807, 2.05) is 13.8 Å². The minimum atomic E-state index is -0.904. The fraction of sp³-hybridized carbons (Fsp3) is 0.579. The molecule has 1 fully saturated rings. The molecule has 0 spiro atoms. The van der Waals surface area contributed by atoms with E-state index in [0.29, 0.717) is 38.3 Å². The molecule has 0 saturated carbocycles. The van der Waals surface area contributed by atoms with Gasteiger partial charge in [0.25, 0.3) is 0 Å². The van der Waals surface area contributed by atoms with Crippen molar-refractivity contribution >= 4 is 12.0 Å². The lowest BCUT2D eigenvalue weighted by Gasteiger charge is -2.35. The Morgan fingerprint density at radius 3 is 2.78 bits per heavy atom. The maximum Gasteiger partial charge on any atom is 0.317 e. The van der Waals surface area contributed by atoms with Crippen molar-refractivity contribution in [1.82, 2.24) is 15.1 Å². The molecule has 1 atom stereocenters. The number of carboxylic acid groups (broad SMARTS) is 1. The Kier molecular flexibility index (Phi) is 7.15. The second-order valence-corrected chi connectivity index (χ2v) is 7.55. The van der Waals surface area contributed by atoms with E-state index >= 15 is 0 Å². The number of carbonyl (C=O) groups excluding carboxylic acids is 1. The zero-order chi connectivity index (χ0) is 20.0. The van der Waals surface area contributed by atoms with Gasteiger partial charge in [-0.3, -0.25) is 9.69 Å². The summed E-state index contributed by atoms with van der Waals surface area (Å²) in [5.74, 6) is -1.19. The monoisotopic (exact) mass is 381 g/mol. The van der Waals surface area contributed by atoms with Crippen molar-refractivity contribution in [2.75, 3.05) is 46.4 Å². The zero-order valence-electron chi connectivity index (χ0n) is 16.1. The van der Waals surface area contributed by atoms with E-state index in [1.165, 1.54) is 6.07 Å². The molecule has 1 heterocycles. The molecule has 1 aliphatic heterocycles. The fourth-order valence-electron chi connectivity index (χ4n) is 3.17. The molecule has 2 N–H and O–H groups in total. The summed E-state index contributed by atoms with van der Waals surface area (Å²) in [5.41, 5.74) is 0.00875. The number of carbonyl (C=O) groups is 2. The van der Waals surface area contributed by atoms with Gasteiger partial charge in [-0.1, -0.05) is 32.0 Å². The first-order chi connectivity index (χ1) is 12.7. The standard InChI is InChI=1S/C19H28FN3O4/c1-19(2,15-6-4-5-7-16(15)20)13-21-18(26)23-8-9-27-14(11-23)10-22(3)12-17(24)25/h4-7,14H,8-13H2,1-3H3,(H,21,26)(H,24,25). The highest BCUT2D eigenvalue weighted by molar-refractivity contribution is 5.74. The van der Waals surface area contributed by atoms with Crippen LogP contribution in [0.3, 0.4) is 0 Å². The maximum atomic E-state index is 14.0. The molecular formula is C19H28FN3O4. The van der Waals surface area contributed by atoms with Crippen LogP contribution in [0.25, 0.3) is 0 Å². The van der Waals surface area contributed by atoms with Crippen LogP contribution in [0.15, 0.2) is 24.3 Å². The molecule has 27 heavy (non-hydrogen) atoms. The Labute approximate surface area is 159 Å². The Bertz CT molecular complexity index is 668. The van der Waals surface area contributed by atoms with Gasteiger partial charge in [0, 0.05) is 31.6 Å². The van der Waals surface area contributed by atoms with E-state index in [2.05, 4.69) is 5.32 Å². The number of benzene rings is 1. The number of nitrogens with zero attached hydrogens (tertiary/aromatic N) is 2. The second-order valence-electron chi connectivity index (χ2n) is 7.55. The topological polar surface area (TPSA) is 82.1 Å². The van der Waals surface area contributed by atoms with Gasteiger partial charge in [-0.15, -0.1) is 0 Å². The minimum absolute atomic E-state index is 0.0805. The molecule has 7 nitrogen and oxygen atoms in total. The van der Waals surface area contributed by atoms with Crippen molar-refractivity contribution in [3.8, 4) is 0 Å². The molecule has 1 aromatic rings. The van der Waals surface area contributed by atoms with Gasteiger partial charge in [-0.25, -0.2) is 9.18 Å². The van der Waals surface area contributed by atoms with Crippen LogP contribution in [0.4, 0.5) is 9.18 Å². The largest absolute Gasteiger partial charge is 0.480 e. The van der Waals surface area contributed by atoms with Crippen LogP contribution >= 0.6 is 0 Å². The van der Waals surface area contributed by atoms with Gasteiger partial charge in [-0.2, -0.15) is 0 Å². The number of hydrogen-bond acceptors (Lipinski definition) is 4. The van der Waals surface area contributed by atoms with E-state index in [-0.39, 0.29) is 24.5 Å². The zero-order valence-corrected chi connectivity index (χ0v) is 16.1. The van der Waals surface area contributed by atoms with Crippen molar-refractivity contribution in [2.24, 2.45) is 0 Å². The number of halogens is 1. The highest BCUT2D eigenvalue weighted by atomic mass is 19.1. The van der Waals surface area contributed by atoms with Crippen molar-refractivity contribution in [2.45, 2.75) is 25.4 Å². The van der Waals surface area contributed by atoms with Crippen LogP contribution in [-0.2, 0) is 14.9 Å². The number of likely N-dealkylation sites (N-methyl/N-ethyl adjacent to an activating group) is 1. The summed E-state index contributed by atoms with van der Waals surface area (Å²) in [6.07, 6.45) is -0.242. The molecule has 1 aliphatic rings. The van der Waals surface area contributed by atoms with Crippen LogP contribution < -0.4 is 5.32 Å². The Balaban J connectivity index is 1.88. The Morgan fingerprint density at radius 1 is 1.41 bits per heavy atom. The Morgan fingerprint density at radius 2 is 2.11 bits per heavy atom. The fourth-order valence-corrected chi connectivity index (χ4v) is 3.17. The molecule has 1 unspecified atom stereocenters. The van der Waals surface area contributed by atoms with Gasteiger partial charge in [0.2, 0.25) is 0 Å². The van der Waals surface area contributed by atoms with Gasteiger partial charge < -0.3 is 20.1 Å². The highest BCUT2D eigenvalue weighted by Gasteiger charge is 2.28. The molecule has 1 aromatic carbocycles. The highest BCUT2D eigenvalue weighted by Crippen LogP contribution is 2.24. The number of aliphatic carboxylic acids is 1. The third-order valence-corrected chi connectivity index (χ3v) is 4.63. The maximum absolute atomic E-state index is 14.0. The van der Waals surface area contributed by atoms with E-state index < -0.39 is 11.4 Å². The summed E-state index contributed by atoms with van der Waals surface area (Å²) in [6.45, 7) is 5.66. The smallest absolute Gasteiger partial charge is 0.317 e. The van der Waals surface area contributed by atoms with E-state index in [4.69, 9.17) is 9.84 Å². The van der Waals surface area contributed by atoms with E-state index in [1.54, 1.807) is 35.0 Å². The first-order valence-corrected chi connectivity index (χ1v) is 8.99. The molecule has 8 heteroatoms. The third kappa shape index (κ3) is 6.18. The predicted molar refractivity (Wildman–Crippen MR) is 99.3 cm³/mol. The number of ether oxygens (including phenoxy) is 1. The van der Waals surface area contributed by atoms with E-state index in [9.17, 15) is 14.0 Å². The van der Waals surface area contributed by atoms with Crippen molar-refractivity contribution in [1.29, 1.82) is 0 Å². The number of morpholine rings is 1. The number of nitrogens with one attached hydrogen (secondary N) is 1. The molecule has 2 amide bonds. The molecule has 0 aromatic heterocycles. The summed E-state index contributed by atoms with van der Waals surface area (Å²) in [6, 6.07) is 6.34. The van der Waals surface area contributed by atoms with Crippen LogP contribution in [0.2, 0.25) is 0 Å². The van der Waals surface area contributed by atoms with E-state index in [0.717, 1.165) is 0 Å². The van der Waals surface area contributed by atoms with Crippen molar-refractivity contribution < 1.29 is 23.8 Å². The Hall–Kier alpha value is -2.19.